The van der Waals surface area contributed by atoms with Crippen LogP contribution in [-0.2, 0) is 11.2 Å². The summed E-state index contributed by atoms with van der Waals surface area (Å²) in [6.07, 6.45) is 4.36. The summed E-state index contributed by atoms with van der Waals surface area (Å²) < 4.78 is 7.12. The molecule has 3 aromatic rings. The molecule has 0 saturated heterocycles. The van der Waals surface area contributed by atoms with Gasteiger partial charge in [0.1, 0.15) is 17.3 Å². The number of amides is 2. The lowest BCUT2D eigenvalue weighted by molar-refractivity contribution is -0.114. The molecule has 0 fully saturated rings. The maximum atomic E-state index is 12.9. The zero-order valence-corrected chi connectivity index (χ0v) is 17.9. The highest BCUT2D eigenvalue weighted by Gasteiger charge is 2.27. The van der Waals surface area contributed by atoms with Gasteiger partial charge in [-0.2, -0.15) is 5.10 Å². The van der Waals surface area contributed by atoms with Crippen LogP contribution in [0, 0.1) is 0 Å². The quantitative estimate of drug-likeness (QED) is 0.631. The number of methoxy groups -OCH3 is 1. The Kier molecular flexibility index (Phi) is 5.90. The van der Waals surface area contributed by atoms with Gasteiger partial charge >= 0.3 is 0 Å². The molecule has 31 heavy (non-hydrogen) atoms. The van der Waals surface area contributed by atoms with Crippen LogP contribution in [0.15, 0.2) is 42.6 Å². The van der Waals surface area contributed by atoms with Gasteiger partial charge in [0.2, 0.25) is 5.91 Å². The first kappa shape index (κ1) is 20.9. The molecule has 1 atom stereocenters. The van der Waals surface area contributed by atoms with Gasteiger partial charge in [0, 0.05) is 18.2 Å². The van der Waals surface area contributed by atoms with E-state index in [1.807, 2.05) is 28.9 Å². The molecule has 1 aromatic carbocycles. The monoisotopic (exact) mass is 439 g/mol. The molecule has 0 saturated carbocycles. The largest absolute Gasteiger partial charge is 0.497 e. The highest BCUT2D eigenvalue weighted by Crippen LogP contribution is 2.32. The number of carbonyl (C=O) groups excluding carboxylic acids is 2. The van der Waals surface area contributed by atoms with E-state index < -0.39 is 5.91 Å². The van der Waals surface area contributed by atoms with Crippen molar-refractivity contribution < 1.29 is 14.3 Å². The Morgan fingerprint density at radius 2 is 1.97 bits per heavy atom. The number of ether oxygens (including phenoxy) is 1. The molecule has 1 unspecified atom stereocenters. The smallest absolute Gasteiger partial charge is 0.272 e. The van der Waals surface area contributed by atoms with Crippen molar-refractivity contribution in [2.45, 2.75) is 32.2 Å². The van der Waals surface area contributed by atoms with E-state index in [9.17, 15) is 9.59 Å². The Balaban J connectivity index is 1.57. The molecule has 0 spiro atoms. The second-order valence-corrected chi connectivity index (χ2v) is 7.69. The molecule has 2 amide bonds. The van der Waals surface area contributed by atoms with Crippen molar-refractivity contribution in [1.82, 2.24) is 20.1 Å². The van der Waals surface area contributed by atoms with Gasteiger partial charge in [-0.15, -0.1) is 0 Å². The van der Waals surface area contributed by atoms with Crippen LogP contribution in [0.2, 0.25) is 5.02 Å². The number of nitrogens with zero attached hydrogens (tertiary/aromatic N) is 3. The van der Waals surface area contributed by atoms with E-state index >= 15 is 0 Å². The van der Waals surface area contributed by atoms with Crippen LogP contribution in [-0.4, -0.2) is 33.7 Å². The predicted molar refractivity (Wildman–Crippen MR) is 117 cm³/mol. The van der Waals surface area contributed by atoms with Crippen LogP contribution in [0.4, 0.5) is 5.82 Å². The van der Waals surface area contributed by atoms with Crippen molar-refractivity contribution in [3.05, 3.63) is 64.6 Å². The molecule has 0 radical (unpaired) electrons. The van der Waals surface area contributed by atoms with Crippen molar-refractivity contribution in [2.75, 3.05) is 12.4 Å². The zero-order chi connectivity index (χ0) is 22.0. The number of nitrogens with one attached hydrogen (secondary N) is 2. The first-order chi connectivity index (χ1) is 15.0. The Morgan fingerprint density at radius 1 is 1.19 bits per heavy atom. The number of anilines is 1. The molecule has 2 aromatic heterocycles. The lowest BCUT2D eigenvalue weighted by atomic mass is 9.92. The normalized spacial score (nSPS) is 15.1. The Hall–Kier alpha value is -3.39. The number of rotatable bonds is 5. The number of benzene rings is 1. The summed E-state index contributed by atoms with van der Waals surface area (Å²) in [4.78, 5) is 28.4. The molecule has 0 aliphatic heterocycles. The van der Waals surface area contributed by atoms with Gasteiger partial charge in [0.05, 0.1) is 30.1 Å². The highest BCUT2D eigenvalue weighted by atomic mass is 35.5. The zero-order valence-electron chi connectivity index (χ0n) is 17.2. The Morgan fingerprint density at radius 3 is 2.68 bits per heavy atom. The molecule has 1 aliphatic carbocycles. The predicted octanol–water partition coefficient (Wildman–Crippen LogP) is 3.70. The highest BCUT2D eigenvalue weighted by molar-refractivity contribution is 6.33. The Labute approximate surface area is 184 Å². The molecular weight excluding hydrogens is 418 g/mol. The summed E-state index contributed by atoms with van der Waals surface area (Å²) >= 11 is 6.19. The van der Waals surface area contributed by atoms with E-state index in [0.29, 0.717) is 0 Å². The number of hydrogen-bond acceptors (Lipinski definition) is 5. The summed E-state index contributed by atoms with van der Waals surface area (Å²) in [5.74, 6) is 0.385. The first-order valence-electron chi connectivity index (χ1n) is 9.92. The van der Waals surface area contributed by atoms with E-state index in [2.05, 4.69) is 20.7 Å². The minimum atomic E-state index is -0.396. The van der Waals surface area contributed by atoms with Gasteiger partial charge in [-0.3, -0.25) is 9.59 Å². The van der Waals surface area contributed by atoms with Crippen LogP contribution < -0.4 is 15.4 Å². The topological polar surface area (TPSA) is 98.1 Å². The molecule has 0 bridgehead atoms. The van der Waals surface area contributed by atoms with Crippen molar-refractivity contribution in [1.29, 1.82) is 0 Å². The number of carbonyl (C=O) groups is 2. The van der Waals surface area contributed by atoms with Gasteiger partial charge in [-0.1, -0.05) is 11.6 Å². The fourth-order valence-electron chi connectivity index (χ4n) is 3.73. The minimum absolute atomic E-state index is 0.0718. The maximum absolute atomic E-state index is 12.9. The van der Waals surface area contributed by atoms with E-state index in [4.69, 9.17) is 16.3 Å². The van der Waals surface area contributed by atoms with E-state index in [-0.39, 0.29) is 28.5 Å². The molecule has 1 aliphatic rings. The second-order valence-electron chi connectivity index (χ2n) is 7.28. The van der Waals surface area contributed by atoms with Crippen molar-refractivity contribution >= 4 is 29.2 Å². The first-order valence-corrected chi connectivity index (χ1v) is 10.3. The van der Waals surface area contributed by atoms with Crippen LogP contribution in [0.5, 0.6) is 5.75 Å². The molecule has 160 valence electrons. The van der Waals surface area contributed by atoms with Crippen molar-refractivity contribution in [2.24, 2.45) is 0 Å². The minimum Gasteiger partial charge on any atom is -0.497 e. The summed E-state index contributed by atoms with van der Waals surface area (Å²) in [6.45, 7) is 1.38. The van der Waals surface area contributed by atoms with Gasteiger partial charge < -0.3 is 15.4 Å². The van der Waals surface area contributed by atoms with Crippen molar-refractivity contribution in [3.8, 4) is 11.4 Å². The number of hydrogen-bond donors (Lipinski definition) is 2. The van der Waals surface area contributed by atoms with Crippen LogP contribution in [0.3, 0.4) is 0 Å². The second kappa shape index (κ2) is 8.77. The third-order valence-electron chi connectivity index (χ3n) is 5.17. The van der Waals surface area contributed by atoms with Gasteiger partial charge in [0.15, 0.2) is 0 Å². The molecule has 2 heterocycles. The van der Waals surface area contributed by atoms with Crippen molar-refractivity contribution in [3.63, 3.8) is 0 Å². The summed E-state index contributed by atoms with van der Waals surface area (Å²) in [6, 6.07) is 10.6. The molecule has 4 rings (SSSR count). The fraction of sp³-hybridized carbons (Fsp3) is 0.273. The number of aromatic nitrogens is 3. The average Bonchev–Trinajstić information content (AvgIpc) is 3.20. The lowest BCUT2D eigenvalue weighted by Gasteiger charge is -2.24. The fourth-order valence-corrected chi connectivity index (χ4v) is 3.92. The maximum Gasteiger partial charge on any atom is 0.272 e. The third kappa shape index (κ3) is 4.39. The van der Waals surface area contributed by atoms with Crippen LogP contribution in [0.1, 0.15) is 47.6 Å². The average molecular weight is 440 g/mol. The molecule has 2 N–H and O–H groups in total. The summed E-state index contributed by atoms with van der Waals surface area (Å²) in [5, 5.41) is 10.4. The third-order valence-corrected chi connectivity index (χ3v) is 5.48. The van der Waals surface area contributed by atoms with Gasteiger partial charge in [-0.05, 0) is 55.7 Å². The number of pyridine rings is 1. The summed E-state index contributed by atoms with van der Waals surface area (Å²) in [7, 11) is 1.63. The number of fused-ring (bicyclic) bond motifs is 1. The molecular formula is C22H22ClN5O3. The van der Waals surface area contributed by atoms with E-state index in [0.717, 1.165) is 42.0 Å². The van der Waals surface area contributed by atoms with E-state index in [1.165, 1.54) is 6.92 Å². The van der Waals surface area contributed by atoms with Crippen LogP contribution >= 0.6 is 11.6 Å². The van der Waals surface area contributed by atoms with E-state index in [1.54, 1.807) is 25.4 Å². The number of halogens is 1. The molecule has 8 nitrogen and oxygen atoms in total. The summed E-state index contributed by atoms with van der Waals surface area (Å²) in [5.41, 5.74) is 3.04. The van der Waals surface area contributed by atoms with Gasteiger partial charge in [-0.25, -0.2) is 9.67 Å². The molecule has 9 heteroatoms. The SMILES string of the molecule is COc1ccc(-n2ncc3c2CCCC3NC(=O)c2nc(NC(C)=O)ccc2Cl)cc1. The standard InChI is InChI=1S/C22H22ClN5O3/c1-13(29)25-20-11-10-17(23)21(27-20)22(30)26-18-4-3-5-19-16(18)12-24-28(19)14-6-8-15(31-2)9-7-14/h6-12,18H,3-5H2,1-2H3,(H,26,30)(H,25,27,29). The van der Waals surface area contributed by atoms with Crippen LogP contribution in [0.25, 0.3) is 5.69 Å². The Bertz CT molecular complexity index is 1130. The lowest BCUT2D eigenvalue weighted by Crippen LogP contribution is -2.32. The van der Waals surface area contributed by atoms with Gasteiger partial charge in [0.25, 0.3) is 5.91 Å².